The highest BCUT2D eigenvalue weighted by atomic mass is 19.1. The molecule has 0 spiro atoms. The molecule has 0 radical (unpaired) electrons. The van der Waals surface area contributed by atoms with Crippen LogP contribution >= 0.6 is 0 Å². The van der Waals surface area contributed by atoms with E-state index in [4.69, 9.17) is 0 Å². The van der Waals surface area contributed by atoms with Crippen LogP contribution in [0.25, 0.3) is 5.57 Å². The summed E-state index contributed by atoms with van der Waals surface area (Å²) in [6.45, 7) is 2.26. The van der Waals surface area contributed by atoms with Crippen molar-refractivity contribution in [3.8, 4) is 0 Å². The number of allylic oxidation sites excluding steroid dienone is 4. The molecule has 1 fully saturated rings. The first-order chi connectivity index (χ1) is 11.2. The van der Waals surface area contributed by atoms with Gasteiger partial charge in [-0.1, -0.05) is 50.8 Å². The minimum atomic E-state index is -0.485. The lowest BCUT2D eigenvalue weighted by atomic mass is 9.69. The average Bonchev–Trinajstić information content (AvgIpc) is 2.55. The van der Waals surface area contributed by atoms with Gasteiger partial charge in [-0.05, 0) is 60.3 Å². The largest absolute Gasteiger partial charge is 0.207 e. The molecule has 0 aliphatic heterocycles. The van der Waals surface area contributed by atoms with E-state index in [1.807, 2.05) is 6.08 Å². The van der Waals surface area contributed by atoms with Gasteiger partial charge in [0.1, 0.15) is 11.6 Å². The zero-order valence-electron chi connectivity index (χ0n) is 13.9. The number of hydrogen-bond acceptors (Lipinski definition) is 0. The molecule has 1 aromatic rings. The first kappa shape index (κ1) is 16.4. The van der Waals surface area contributed by atoms with E-state index in [-0.39, 0.29) is 0 Å². The van der Waals surface area contributed by atoms with E-state index in [9.17, 15) is 8.78 Å². The van der Waals surface area contributed by atoms with Gasteiger partial charge in [-0.25, -0.2) is 8.78 Å². The van der Waals surface area contributed by atoms with E-state index < -0.39 is 11.6 Å². The lowest BCUT2D eigenvalue weighted by Crippen LogP contribution is -2.23. The fraction of sp³-hybridized carbons (Fsp3) is 0.524. The normalized spacial score (nSPS) is 27.8. The number of rotatable bonds is 4. The molecule has 0 saturated heterocycles. The molecule has 2 aliphatic carbocycles. The number of hydrogen-bond donors (Lipinski definition) is 0. The third-order valence-corrected chi connectivity index (χ3v) is 5.55. The Kier molecular flexibility index (Phi) is 5.30. The molecule has 3 rings (SSSR count). The quantitative estimate of drug-likeness (QED) is 0.592. The lowest BCUT2D eigenvalue weighted by molar-refractivity contribution is 0.225. The molecule has 2 aliphatic rings. The third kappa shape index (κ3) is 3.91. The molecule has 124 valence electrons. The average molecular weight is 316 g/mol. The van der Waals surface area contributed by atoms with Gasteiger partial charge in [0.2, 0.25) is 0 Å². The smallest absolute Gasteiger partial charge is 0.126 e. The Morgan fingerprint density at radius 1 is 1.00 bits per heavy atom. The molecule has 0 aromatic heterocycles. The van der Waals surface area contributed by atoms with Crippen molar-refractivity contribution < 1.29 is 8.78 Å². The second-order valence-electron chi connectivity index (χ2n) is 7.12. The third-order valence-electron chi connectivity index (χ3n) is 5.55. The molecule has 23 heavy (non-hydrogen) atoms. The fourth-order valence-corrected chi connectivity index (χ4v) is 4.41. The molecule has 1 aromatic carbocycles. The summed E-state index contributed by atoms with van der Waals surface area (Å²) in [5.41, 5.74) is 1.83. The molecular formula is C21H26F2. The van der Waals surface area contributed by atoms with Crippen LogP contribution < -0.4 is 0 Å². The zero-order chi connectivity index (χ0) is 16.2. The van der Waals surface area contributed by atoms with Crippen LogP contribution in [0.4, 0.5) is 8.78 Å². The van der Waals surface area contributed by atoms with Crippen molar-refractivity contribution in [2.75, 3.05) is 0 Å². The summed E-state index contributed by atoms with van der Waals surface area (Å²) < 4.78 is 27.2. The van der Waals surface area contributed by atoms with Crippen molar-refractivity contribution in [2.45, 2.75) is 51.9 Å². The van der Waals surface area contributed by atoms with Gasteiger partial charge in [0.15, 0.2) is 0 Å². The molecule has 1 saturated carbocycles. The Labute approximate surface area is 138 Å². The minimum absolute atomic E-state index is 0.406. The molecule has 1 atom stereocenters. The first-order valence-electron chi connectivity index (χ1n) is 9.00. The van der Waals surface area contributed by atoms with Gasteiger partial charge in [-0.3, -0.25) is 0 Å². The molecule has 0 amide bonds. The molecule has 0 nitrogen and oxygen atoms in total. The van der Waals surface area contributed by atoms with Gasteiger partial charge in [-0.2, -0.15) is 0 Å². The van der Waals surface area contributed by atoms with Crippen LogP contribution in [0, 0.1) is 29.4 Å². The van der Waals surface area contributed by atoms with Crippen molar-refractivity contribution >= 4 is 5.57 Å². The fourth-order valence-electron chi connectivity index (χ4n) is 4.41. The standard InChI is InChI=1S/C21H26F2/c1-2-5-15-8-10-16(11-9-15)20-6-3-4-7-21(20)17-12-18(22)14-19(23)13-17/h3-4,7,12-16,20H,2,5-6,8-11H2,1H3. The van der Waals surface area contributed by atoms with E-state index in [2.05, 4.69) is 19.1 Å². The lowest BCUT2D eigenvalue weighted by Gasteiger charge is -2.36. The Hall–Kier alpha value is -1.44. The summed E-state index contributed by atoms with van der Waals surface area (Å²) in [5.74, 6) is 0.963. The second kappa shape index (κ2) is 7.42. The van der Waals surface area contributed by atoms with Crippen LogP contribution in [0.5, 0.6) is 0 Å². The van der Waals surface area contributed by atoms with E-state index in [0.717, 1.165) is 24.0 Å². The first-order valence-corrected chi connectivity index (χ1v) is 9.00. The van der Waals surface area contributed by atoms with Crippen molar-refractivity contribution in [1.82, 2.24) is 0 Å². The van der Waals surface area contributed by atoms with Gasteiger partial charge < -0.3 is 0 Å². The predicted octanol–water partition coefficient (Wildman–Crippen LogP) is 6.53. The van der Waals surface area contributed by atoms with Crippen molar-refractivity contribution in [1.29, 1.82) is 0 Å². The predicted molar refractivity (Wildman–Crippen MR) is 91.9 cm³/mol. The van der Waals surface area contributed by atoms with Crippen molar-refractivity contribution in [3.63, 3.8) is 0 Å². The van der Waals surface area contributed by atoms with Gasteiger partial charge >= 0.3 is 0 Å². The summed E-state index contributed by atoms with van der Waals surface area (Å²) >= 11 is 0. The van der Waals surface area contributed by atoms with Crippen LogP contribution in [-0.2, 0) is 0 Å². The van der Waals surface area contributed by atoms with Crippen molar-refractivity contribution in [2.24, 2.45) is 17.8 Å². The van der Waals surface area contributed by atoms with Crippen LogP contribution in [0.2, 0.25) is 0 Å². The van der Waals surface area contributed by atoms with Crippen LogP contribution in [0.3, 0.4) is 0 Å². The topological polar surface area (TPSA) is 0 Å². The summed E-state index contributed by atoms with van der Waals surface area (Å²) in [5, 5.41) is 0. The molecule has 0 heterocycles. The van der Waals surface area contributed by atoms with E-state index in [1.54, 1.807) is 0 Å². The van der Waals surface area contributed by atoms with Crippen molar-refractivity contribution in [3.05, 3.63) is 53.6 Å². The molecular weight excluding hydrogens is 290 g/mol. The SMILES string of the molecule is CCCC1CCC(C2CC=CC=C2c2cc(F)cc(F)c2)CC1. The van der Waals surface area contributed by atoms with E-state index in [1.165, 1.54) is 50.7 Å². The number of benzene rings is 1. The highest BCUT2D eigenvalue weighted by Gasteiger charge is 2.30. The highest BCUT2D eigenvalue weighted by Crippen LogP contribution is 2.43. The van der Waals surface area contributed by atoms with Crippen LogP contribution in [0.15, 0.2) is 36.4 Å². The summed E-state index contributed by atoms with van der Waals surface area (Å²) in [4.78, 5) is 0. The Morgan fingerprint density at radius 2 is 1.70 bits per heavy atom. The zero-order valence-corrected chi connectivity index (χ0v) is 13.9. The second-order valence-corrected chi connectivity index (χ2v) is 7.12. The van der Waals surface area contributed by atoms with E-state index >= 15 is 0 Å². The summed E-state index contributed by atoms with van der Waals surface area (Å²) in [7, 11) is 0. The summed E-state index contributed by atoms with van der Waals surface area (Å²) in [6.07, 6.45) is 15.0. The van der Waals surface area contributed by atoms with Gasteiger partial charge in [-0.15, -0.1) is 0 Å². The monoisotopic (exact) mass is 316 g/mol. The Morgan fingerprint density at radius 3 is 2.35 bits per heavy atom. The maximum atomic E-state index is 13.6. The molecule has 1 unspecified atom stereocenters. The van der Waals surface area contributed by atoms with Gasteiger partial charge in [0.25, 0.3) is 0 Å². The Balaban J connectivity index is 1.77. The van der Waals surface area contributed by atoms with Gasteiger partial charge in [0.05, 0.1) is 0 Å². The Bertz CT molecular complexity index is 572. The van der Waals surface area contributed by atoms with Gasteiger partial charge in [0, 0.05) is 6.07 Å². The van der Waals surface area contributed by atoms with Crippen LogP contribution in [0.1, 0.15) is 57.4 Å². The molecule has 0 N–H and O–H groups in total. The maximum absolute atomic E-state index is 13.6. The number of halogens is 2. The minimum Gasteiger partial charge on any atom is -0.207 e. The van der Waals surface area contributed by atoms with E-state index in [0.29, 0.717) is 17.4 Å². The summed E-state index contributed by atoms with van der Waals surface area (Å²) in [6, 6.07) is 3.90. The maximum Gasteiger partial charge on any atom is 0.126 e. The van der Waals surface area contributed by atoms with Crippen LogP contribution in [-0.4, -0.2) is 0 Å². The molecule has 0 bridgehead atoms. The molecule has 2 heteroatoms. The highest BCUT2D eigenvalue weighted by molar-refractivity contribution is 5.70.